The average molecular weight is 302 g/mol. The first-order valence-electron chi connectivity index (χ1n) is 8.06. The van der Waals surface area contributed by atoms with Gasteiger partial charge in [0.05, 0.1) is 17.0 Å². The number of aromatic nitrogens is 3. The van der Waals surface area contributed by atoms with Crippen LogP contribution < -0.4 is 0 Å². The number of rotatable bonds is 3. The molecule has 0 aromatic carbocycles. The van der Waals surface area contributed by atoms with Crippen LogP contribution in [0.5, 0.6) is 0 Å². The van der Waals surface area contributed by atoms with E-state index in [4.69, 9.17) is 4.98 Å². The number of piperidine rings is 1. The molecule has 4 nitrogen and oxygen atoms in total. The largest absolute Gasteiger partial charge is 0.347 e. The number of nitrogens with one attached hydrogen (secondary N) is 1. The van der Waals surface area contributed by atoms with Gasteiger partial charge in [0.2, 0.25) is 0 Å². The quantitative estimate of drug-likeness (QED) is 0.947. The van der Waals surface area contributed by atoms with Crippen LogP contribution >= 0.6 is 11.3 Å². The zero-order chi connectivity index (χ0) is 14.1. The van der Waals surface area contributed by atoms with Gasteiger partial charge in [-0.15, -0.1) is 11.3 Å². The third kappa shape index (κ3) is 2.90. The van der Waals surface area contributed by atoms with Gasteiger partial charge in [-0.1, -0.05) is 0 Å². The van der Waals surface area contributed by atoms with Crippen LogP contribution in [0.25, 0.3) is 0 Å². The summed E-state index contributed by atoms with van der Waals surface area (Å²) in [7, 11) is 0. The standard InChI is InChI=1S/C16H22N4S/c1-2-6-15-14(5-1)19-16(21-15)12-4-3-7-20(9-12)10-13-8-17-11-18-13/h8,11-12H,1-7,9-10H2,(H,17,18)/t12-/m0/s1. The lowest BCUT2D eigenvalue weighted by molar-refractivity contribution is 0.198. The highest BCUT2D eigenvalue weighted by Crippen LogP contribution is 2.34. The third-order valence-corrected chi connectivity index (χ3v) is 5.99. The summed E-state index contributed by atoms with van der Waals surface area (Å²) in [5.41, 5.74) is 2.63. The van der Waals surface area contributed by atoms with Crippen molar-refractivity contribution in [2.75, 3.05) is 13.1 Å². The number of H-pyrrole nitrogens is 1. The molecule has 1 aliphatic carbocycles. The number of imidazole rings is 1. The third-order valence-electron chi connectivity index (χ3n) is 4.67. The lowest BCUT2D eigenvalue weighted by Crippen LogP contribution is -2.33. The van der Waals surface area contributed by atoms with Gasteiger partial charge in [0.1, 0.15) is 0 Å². The van der Waals surface area contributed by atoms with Gasteiger partial charge < -0.3 is 4.98 Å². The molecule has 0 bridgehead atoms. The number of thiazole rings is 1. The van der Waals surface area contributed by atoms with Crippen molar-refractivity contribution in [1.82, 2.24) is 19.9 Å². The first kappa shape index (κ1) is 13.5. The molecule has 1 N–H and O–H groups in total. The summed E-state index contributed by atoms with van der Waals surface area (Å²) >= 11 is 1.99. The van der Waals surface area contributed by atoms with Gasteiger partial charge in [-0.2, -0.15) is 0 Å². The Morgan fingerprint density at radius 1 is 1.29 bits per heavy atom. The molecule has 0 radical (unpaired) electrons. The van der Waals surface area contributed by atoms with Crippen LogP contribution in [-0.2, 0) is 19.4 Å². The molecule has 1 atom stereocenters. The normalized spacial score (nSPS) is 23.1. The molecule has 0 unspecified atom stereocenters. The molecule has 1 fully saturated rings. The van der Waals surface area contributed by atoms with Gasteiger partial charge in [-0.05, 0) is 45.1 Å². The summed E-state index contributed by atoms with van der Waals surface area (Å²) in [5.74, 6) is 0.636. The van der Waals surface area contributed by atoms with Crippen molar-refractivity contribution in [2.45, 2.75) is 51.0 Å². The van der Waals surface area contributed by atoms with E-state index in [1.165, 1.54) is 61.5 Å². The molecule has 2 aromatic heterocycles. The molecule has 2 aromatic rings. The fraction of sp³-hybridized carbons (Fsp3) is 0.625. The first-order valence-corrected chi connectivity index (χ1v) is 8.88. The Morgan fingerprint density at radius 3 is 3.10 bits per heavy atom. The van der Waals surface area contributed by atoms with Gasteiger partial charge in [-0.25, -0.2) is 9.97 Å². The fourth-order valence-corrected chi connectivity index (χ4v) is 4.84. The van der Waals surface area contributed by atoms with Gasteiger partial charge in [0.25, 0.3) is 0 Å². The number of hydrogen-bond acceptors (Lipinski definition) is 4. The van der Waals surface area contributed by atoms with Gasteiger partial charge in [0.15, 0.2) is 0 Å². The number of nitrogens with zero attached hydrogens (tertiary/aromatic N) is 3. The average Bonchev–Trinajstić information content (AvgIpc) is 3.16. The van der Waals surface area contributed by atoms with Crippen molar-refractivity contribution in [3.8, 4) is 0 Å². The first-order chi connectivity index (χ1) is 10.4. The Bertz CT molecular complexity index is 566. The minimum Gasteiger partial charge on any atom is -0.347 e. The van der Waals surface area contributed by atoms with E-state index in [0.29, 0.717) is 5.92 Å². The molecular formula is C16H22N4S. The van der Waals surface area contributed by atoms with Crippen LogP contribution in [0, 0.1) is 0 Å². The van der Waals surface area contributed by atoms with Gasteiger partial charge in [-0.3, -0.25) is 4.90 Å². The van der Waals surface area contributed by atoms with Crippen LogP contribution in [0.4, 0.5) is 0 Å². The Hall–Kier alpha value is -1.20. The second kappa shape index (κ2) is 5.89. The van der Waals surface area contributed by atoms with E-state index in [1.807, 2.05) is 17.5 Å². The lowest BCUT2D eigenvalue weighted by Gasteiger charge is -2.31. The second-order valence-corrected chi connectivity index (χ2v) is 7.40. The van der Waals surface area contributed by atoms with Crippen molar-refractivity contribution < 1.29 is 0 Å². The van der Waals surface area contributed by atoms with E-state index in [9.17, 15) is 0 Å². The molecule has 3 heterocycles. The summed E-state index contributed by atoms with van der Waals surface area (Å²) in [6, 6.07) is 0. The Kier molecular flexibility index (Phi) is 3.78. The summed E-state index contributed by atoms with van der Waals surface area (Å²) in [6.07, 6.45) is 11.4. The number of likely N-dealkylation sites (tertiary alicyclic amines) is 1. The SMILES string of the molecule is c1ncc(CN2CCC[C@H](c3nc4c(s3)CCCC4)C2)[nH]1. The highest BCUT2D eigenvalue weighted by atomic mass is 32.1. The zero-order valence-electron chi connectivity index (χ0n) is 12.3. The molecule has 5 heteroatoms. The molecule has 21 heavy (non-hydrogen) atoms. The Labute approximate surface area is 129 Å². The van der Waals surface area contributed by atoms with E-state index < -0.39 is 0 Å². The predicted molar refractivity (Wildman–Crippen MR) is 84.6 cm³/mol. The maximum Gasteiger partial charge on any atom is 0.0974 e. The van der Waals surface area contributed by atoms with Crippen molar-refractivity contribution in [3.63, 3.8) is 0 Å². The summed E-state index contributed by atoms with van der Waals surface area (Å²) in [6.45, 7) is 3.33. The van der Waals surface area contributed by atoms with E-state index in [1.54, 1.807) is 11.2 Å². The van der Waals surface area contributed by atoms with Crippen LogP contribution in [0.2, 0.25) is 0 Å². The summed E-state index contributed by atoms with van der Waals surface area (Å²) in [4.78, 5) is 16.4. The minimum absolute atomic E-state index is 0.636. The Balaban J connectivity index is 1.46. The molecule has 4 rings (SSSR count). The number of aryl methyl sites for hydroxylation is 2. The molecule has 1 saturated heterocycles. The van der Waals surface area contributed by atoms with Crippen LogP contribution in [0.3, 0.4) is 0 Å². The van der Waals surface area contributed by atoms with Crippen molar-refractivity contribution in [2.24, 2.45) is 0 Å². The fourth-order valence-electron chi connectivity index (χ4n) is 3.56. The van der Waals surface area contributed by atoms with Crippen LogP contribution in [0.15, 0.2) is 12.5 Å². The van der Waals surface area contributed by atoms with E-state index in [2.05, 4.69) is 14.9 Å². The highest BCUT2D eigenvalue weighted by Gasteiger charge is 2.26. The van der Waals surface area contributed by atoms with Crippen molar-refractivity contribution >= 4 is 11.3 Å². The van der Waals surface area contributed by atoms with Gasteiger partial charge in [0, 0.05) is 35.8 Å². The number of aromatic amines is 1. The zero-order valence-corrected chi connectivity index (χ0v) is 13.2. The molecule has 0 spiro atoms. The van der Waals surface area contributed by atoms with Gasteiger partial charge >= 0.3 is 0 Å². The maximum atomic E-state index is 4.98. The Morgan fingerprint density at radius 2 is 2.24 bits per heavy atom. The molecule has 2 aliphatic rings. The number of hydrogen-bond donors (Lipinski definition) is 1. The van der Waals surface area contributed by atoms with E-state index >= 15 is 0 Å². The topological polar surface area (TPSA) is 44.8 Å². The highest BCUT2D eigenvalue weighted by molar-refractivity contribution is 7.11. The van der Waals surface area contributed by atoms with E-state index in [0.717, 1.165) is 13.1 Å². The molecule has 112 valence electrons. The molecule has 0 amide bonds. The van der Waals surface area contributed by atoms with Crippen molar-refractivity contribution in [1.29, 1.82) is 0 Å². The number of fused-ring (bicyclic) bond motifs is 1. The lowest BCUT2D eigenvalue weighted by atomic mass is 9.98. The monoisotopic (exact) mass is 302 g/mol. The van der Waals surface area contributed by atoms with Crippen LogP contribution in [0.1, 0.15) is 52.9 Å². The predicted octanol–water partition coefficient (Wildman–Crippen LogP) is 3.12. The van der Waals surface area contributed by atoms with Crippen molar-refractivity contribution in [3.05, 3.63) is 33.8 Å². The molecular weight excluding hydrogens is 280 g/mol. The molecule has 1 aliphatic heterocycles. The minimum atomic E-state index is 0.636. The second-order valence-electron chi connectivity index (χ2n) is 6.28. The maximum absolute atomic E-state index is 4.98. The summed E-state index contributed by atoms with van der Waals surface area (Å²) < 4.78 is 0. The van der Waals surface area contributed by atoms with Crippen LogP contribution in [-0.4, -0.2) is 32.9 Å². The summed E-state index contributed by atoms with van der Waals surface area (Å²) in [5, 5.41) is 1.40. The van der Waals surface area contributed by atoms with E-state index in [-0.39, 0.29) is 0 Å². The smallest absolute Gasteiger partial charge is 0.0974 e. The molecule has 0 saturated carbocycles.